The molecule has 0 saturated carbocycles. The maximum absolute atomic E-state index is 5.31. The lowest BCUT2D eigenvalue weighted by molar-refractivity contribution is 0.0656. The molecule has 0 aromatic heterocycles. The highest BCUT2D eigenvalue weighted by Crippen LogP contribution is 2.13. The van der Waals surface area contributed by atoms with E-state index in [0.29, 0.717) is 6.04 Å². The van der Waals surface area contributed by atoms with E-state index in [-0.39, 0.29) is 0 Å². The molecule has 12 heavy (non-hydrogen) atoms. The highest BCUT2D eigenvalue weighted by atomic mass is 16.5. The third-order valence-corrected chi connectivity index (χ3v) is 2.71. The minimum absolute atomic E-state index is 0.674. The largest absolute Gasteiger partial charge is 0.381 e. The van der Waals surface area contributed by atoms with E-state index in [1.54, 1.807) is 0 Å². The summed E-state index contributed by atoms with van der Waals surface area (Å²) in [4.78, 5) is 0. The molecule has 1 saturated heterocycles. The molecule has 0 spiro atoms. The Morgan fingerprint density at radius 3 is 2.67 bits per heavy atom. The molecule has 1 atom stereocenters. The summed E-state index contributed by atoms with van der Waals surface area (Å²) < 4.78 is 5.31. The van der Waals surface area contributed by atoms with E-state index in [9.17, 15) is 0 Å². The lowest BCUT2D eigenvalue weighted by Gasteiger charge is -2.23. The molecule has 0 aliphatic carbocycles. The molecule has 0 aromatic rings. The molecule has 1 rings (SSSR count). The molecule has 72 valence electrons. The quantitative estimate of drug-likeness (QED) is 0.696. The molecular weight excluding hydrogens is 150 g/mol. The van der Waals surface area contributed by atoms with Gasteiger partial charge in [0, 0.05) is 19.3 Å². The van der Waals surface area contributed by atoms with Crippen LogP contribution in [0.1, 0.15) is 33.1 Å². The predicted molar refractivity (Wildman–Crippen MR) is 51.3 cm³/mol. The van der Waals surface area contributed by atoms with Crippen LogP contribution >= 0.6 is 0 Å². The van der Waals surface area contributed by atoms with E-state index in [1.165, 1.54) is 25.8 Å². The van der Waals surface area contributed by atoms with Gasteiger partial charge in [-0.3, -0.25) is 0 Å². The standard InChI is InChI=1S/C10H21NO/c1-3-9(2)11-8-10-4-6-12-7-5-10/h9-11H,3-8H2,1-2H3. The molecule has 0 amide bonds. The van der Waals surface area contributed by atoms with Crippen LogP contribution in [0.25, 0.3) is 0 Å². The van der Waals surface area contributed by atoms with Crippen molar-refractivity contribution in [2.24, 2.45) is 5.92 Å². The number of hydrogen-bond donors (Lipinski definition) is 1. The highest BCUT2D eigenvalue weighted by Gasteiger charge is 2.13. The minimum Gasteiger partial charge on any atom is -0.381 e. The van der Waals surface area contributed by atoms with Crippen molar-refractivity contribution in [3.05, 3.63) is 0 Å². The van der Waals surface area contributed by atoms with Gasteiger partial charge < -0.3 is 10.1 Å². The molecule has 0 bridgehead atoms. The van der Waals surface area contributed by atoms with Crippen LogP contribution in [-0.4, -0.2) is 25.8 Å². The highest BCUT2D eigenvalue weighted by molar-refractivity contribution is 4.68. The smallest absolute Gasteiger partial charge is 0.0469 e. The van der Waals surface area contributed by atoms with Crippen molar-refractivity contribution >= 4 is 0 Å². The van der Waals surface area contributed by atoms with Crippen molar-refractivity contribution in [1.29, 1.82) is 0 Å². The molecule has 1 heterocycles. The Kier molecular flexibility index (Phi) is 4.62. The van der Waals surface area contributed by atoms with E-state index < -0.39 is 0 Å². The lowest BCUT2D eigenvalue weighted by Crippen LogP contribution is -2.33. The fraction of sp³-hybridized carbons (Fsp3) is 1.00. The zero-order valence-corrected chi connectivity index (χ0v) is 8.31. The second-order valence-electron chi connectivity index (χ2n) is 3.77. The number of nitrogens with one attached hydrogen (secondary N) is 1. The van der Waals surface area contributed by atoms with Crippen LogP contribution in [0.5, 0.6) is 0 Å². The van der Waals surface area contributed by atoms with E-state index >= 15 is 0 Å². The molecule has 2 nitrogen and oxygen atoms in total. The molecule has 1 N–H and O–H groups in total. The normalized spacial score (nSPS) is 22.5. The first-order valence-corrected chi connectivity index (χ1v) is 5.14. The molecular formula is C10H21NO. The molecule has 1 fully saturated rings. The number of hydrogen-bond acceptors (Lipinski definition) is 2. The van der Waals surface area contributed by atoms with Crippen molar-refractivity contribution in [2.75, 3.05) is 19.8 Å². The lowest BCUT2D eigenvalue weighted by atomic mass is 10.00. The Bertz CT molecular complexity index is 110. The topological polar surface area (TPSA) is 21.3 Å². The van der Waals surface area contributed by atoms with Gasteiger partial charge in [-0.1, -0.05) is 6.92 Å². The first-order valence-electron chi connectivity index (χ1n) is 5.14. The van der Waals surface area contributed by atoms with Gasteiger partial charge in [0.2, 0.25) is 0 Å². The zero-order chi connectivity index (χ0) is 8.81. The third-order valence-electron chi connectivity index (χ3n) is 2.71. The van der Waals surface area contributed by atoms with Crippen LogP contribution in [-0.2, 0) is 4.74 Å². The maximum atomic E-state index is 5.31. The molecule has 1 aliphatic heterocycles. The van der Waals surface area contributed by atoms with E-state index in [1.807, 2.05) is 0 Å². The Morgan fingerprint density at radius 2 is 2.08 bits per heavy atom. The fourth-order valence-electron chi connectivity index (χ4n) is 1.46. The summed E-state index contributed by atoms with van der Waals surface area (Å²) in [6.07, 6.45) is 3.70. The average Bonchev–Trinajstić information content (AvgIpc) is 2.16. The van der Waals surface area contributed by atoms with Gasteiger partial charge >= 0.3 is 0 Å². The average molecular weight is 171 g/mol. The summed E-state index contributed by atoms with van der Waals surface area (Å²) in [5.41, 5.74) is 0. The van der Waals surface area contributed by atoms with Gasteiger partial charge in [-0.25, -0.2) is 0 Å². The summed E-state index contributed by atoms with van der Waals surface area (Å²) >= 11 is 0. The van der Waals surface area contributed by atoms with E-state index in [0.717, 1.165) is 19.1 Å². The first-order chi connectivity index (χ1) is 5.83. The first kappa shape index (κ1) is 10.0. The Balaban J connectivity index is 2.05. The third kappa shape index (κ3) is 3.55. The minimum atomic E-state index is 0.674. The van der Waals surface area contributed by atoms with Gasteiger partial charge in [-0.15, -0.1) is 0 Å². The van der Waals surface area contributed by atoms with Gasteiger partial charge in [0.1, 0.15) is 0 Å². The van der Waals surface area contributed by atoms with Crippen LogP contribution in [0.2, 0.25) is 0 Å². The van der Waals surface area contributed by atoms with Crippen LogP contribution < -0.4 is 5.32 Å². The summed E-state index contributed by atoms with van der Waals surface area (Å²) in [5, 5.41) is 3.55. The van der Waals surface area contributed by atoms with Crippen molar-refractivity contribution in [2.45, 2.75) is 39.2 Å². The monoisotopic (exact) mass is 171 g/mol. The predicted octanol–water partition coefficient (Wildman–Crippen LogP) is 1.80. The van der Waals surface area contributed by atoms with Gasteiger partial charge in [0.25, 0.3) is 0 Å². The van der Waals surface area contributed by atoms with Crippen LogP contribution in [0.4, 0.5) is 0 Å². The van der Waals surface area contributed by atoms with Gasteiger partial charge in [-0.05, 0) is 38.6 Å². The second-order valence-corrected chi connectivity index (χ2v) is 3.77. The van der Waals surface area contributed by atoms with Crippen molar-refractivity contribution < 1.29 is 4.74 Å². The fourth-order valence-corrected chi connectivity index (χ4v) is 1.46. The molecule has 1 aliphatic rings. The SMILES string of the molecule is CCC(C)NCC1CCOCC1. The van der Waals surface area contributed by atoms with Gasteiger partial charge in [0.15, 0.2) is 0 Å². The zero-order valence-electron chi connectivity index (χ0n) is 8.31. The van der Waals surface area contributed by atoms with Crippen LogP contribution in [0, 0.1) is 5.92 Å². The Hall–Kier alpha value is -0.0800. The van der Waals surface area contributed by atoms with Gasteiger partial charge in [-0.2, -0.15) is 0 Å². The van der Waals surface area contributed by atoms with E-state index in [4.69, 9.17) is 4.74 Å². The van der Waals surface area contributed by atoms with Crippen LogP contribution in [0.3, 0.4) is 0 Å². The number of rotatable bonds is 4. The molecule has 1 unspecified atom stereocenters. The molecule has 0 aromatic carbocycles. The summed E-state index contributed by atoms with van der Waals surface area (Å²) in [5.74, 6) is 0.854. The van der Waals surface area contributed by atoms with E-state index in [2.05, 4.69) is 19.2 Å². The summed E-state index contributed by atoms with van der Waals surface area (Å²) in [6.45, 7) is 7.58. The summed E-state index contributed by atoms with van der Waals surface area (Å²) in [7, 11) is 0. The Morgan fingerprint density at radius 1 is 1.42 bits per heavy atom. The molecule has 2 heteroatoms. The summed E-state index contributed by atoms with van der Waals surface area (Å²) in [6, 6.07) is 0.674. The maximum Gasteiger partial charge on any atom is 0.0469 e. The van der Waals surface area contributed by atoms with Crippen molar-refractivity contribution in [3.63, 3.8) is 0 Å². The second kappa shape index (κ2) is 5.55. The van der Waals surface area contributed by atoms with Crippen LogP contribution in [0.15, 0.2) is 0 Å². The molecule has 0 radical (unpaired) electrons. The Labute approximate surface area is 75.7 Å². The van der Waals surface area contributed by atoms with Gasteiger partial charge in [0.05, 0.1) is 0 Å². The number of ether oxygens (including phenoxy) is 1. The van der Waals surface area contributed by atoms with Crippen molar-refractivity contribution in [1.82, 2.24) is 5.32 Å². The van der Waals surface area contributed by atoms with Crippen molar-refractivity contribution in [3.8, 4) is 0 Å².